The minimum Gasteiger partial charge on any atom is -0.493 e. The predicted molar refractivity (Wildman–Crippen MR) is 96.6 cm³/mol. The van der Waals surface area contributed by atoms with Crippen molar-refractivity contribution in [2.75, 3.05) is 6.61 Å². The number of carbonyl (C=O) groups excluding carboxylic acids is 1. The van der Waals surface area contributed by atoms with Crippen LogP contribution in [0.1, 0.15) is 40.1 Å². The molecule has 1 amide bonds. The predicted octanol–water partition coefficient (Wildman–Crippen LogP) is 3.21. The number of fused-ring (bicyclic) bond motifs is 1. The summed E-state index contributed by atoms with van der Waals surface area (Å²) in [6.07, 6.45) is 0.716. The molecule has 0 bridgehead atoms. The fourth-order valence-electron chi connectivity index (χ4n) is 3.05. The number of carbonyl (C=O) groups is 1. The van der Waals surface area contributed by atoms with Crippen LogP contribution in [0, 0.1) is 6.92 Å². The van der Waals surface area contributed by atoms with E-state index in [0.29, 0.717) is 36.1 Å². The van der Waals surface area contributed by atoms with Crippen molar-refractivity contribution in [3.63, 3.8) is 0 Å². The Balaban J connectivity index is 1.49. The van der Waals surface area contributed by atoms with Gasteiger partial charge < -0.3 is 19.3 Å². The first kappa shape index (κ1) is 17.1. The fourth-order valence-corrected chi connectivity index (χ4v) is 3.05. The van der Waals surface area contributed by atoms with Crippen molar-refractivity contribution in [1.82, 2.24) is 15.5 Å². The second-order valence-corrected chi connectivity index (χ2v) is 6.22. The van der Waals surface area contributed by atoms with Gasteiger partial charge in [0.2, 0.25) is 11.7 Å². The maximum Gasteiger partial charge on any atom is 0.255 e. The topological polar surface area (TPSA) is 86.5 Å². The van der Waals surface area contributed by atoms with E-state index in [4.69, 9.17) is 14.0 Å². The highest BCUT2D eigenvalue weighted by molar-refractivity contribution is 5.97. The number of aryl methyl sites for hydroxylation is 1. The van der Waals surface area contributed by atoms with E-state index in [-0.39, 0.29) is 18.6 Å². The number of hydrogen-bond acceptors (Lipinski definition) is 6. The molecule has 0 aliphatic carbocycles. The highest BCUT2D eigenvalue weighted by Gasteiger charge is 2.24. The Labute approximate surface area is 156 Å². The molecular formula is C20H19N3O4. The van der Waals surface area contributed by atoms with E-state index >= 15 is 0 Å². The first-order valence-electron chi connectivity index (χ1n) is 8.74. The summed E-state index contributed by atoms with van der Waals surface area (Å²) in [6, 6.07) is 14.8. The van der Waals surface area contributed by atoms with Gasteiger partial charge in [0.15, 0.2) is 6.61 Å². The third-order valence-electron chi connectivity index (χ3n) is 4.32. The molecule has 7 nitrogen and oxygen atoms in total. The fraction of sp³-hybridized carbons (Fsp3) is 0.250. The van der Waals surface area contributed by atoms with Gasteiger partial charge in [-0.25, -0.2) is 0 Å². The van der Waals surface area contributed by atoms with Crippen LogP contribution >= 0.6 is 0 Å². The quantitative estimate of drug-likeness (QED) is 0.747. The molecule has 2 aromatic carbocycles. The minimum absolute atomic E-state index is 0.102. The minimum atomic E-state index is -0.198. The smallest absolute Gasteiger partial charge is 0.255 e. The van der Waals surface area contributed by atoms with E-state index in [1.165, 1.54) is 0 Å². The average molecular weight is 365 g/mol. The first-order valence-corrected chi connectivity index (χ1v) is 8.74. The number of nitrogens with one attached hydrogen (secondary N) is 1. The zero-order valence-electron chi connectivity index (χ0n) is 14.8. The summed E-state index contributed by atoms with van der Waals surface area (Å²) < 4.78 is 16.3. The van der Waals surface area contributed by atoms with Gasteiger partial charge in [0.25, 0.3) is 5.91 Å². The lowest BCUT2D eigenvalue weighted by atomic mass is 10.00. The van der Waals surface area contributed by atoms with Crippen molar-refractivity contribution in [3.05, 3.63) is 71.4 Å². The lowest BCUT2D eigenvalue weighted by Crippen LogP contribution is -2.32. The maximum atomic E-state index is 12.9. The van der Waals surface area contributed by atoms with Gasteiger partial charge in [0, 0.05) is 18.9 Å². The monoisotopic (exact) mass is 365 g/mol. The molecule has 1 aromatic heterocycles. The number of benzene rings is 2. The molecule has 138 valence electrons. The molecule has 0 radical (unpaired) electrons. The average Bonchev–Trinajstić information content (AvgIpc) is 3.12. The number of nitrogens with zero attached hydrogens (tertiary/aromatic N) is 2. The number of rotatable bonds is 5. The van der Waals surface area contributed by atoms with Crippen molar-refractivity contribution in [1.29, 1.82) is 0 Å². The van der Waals surface area contributed by atoms with Crippen LogP contribution in [0.2, 0.25) is 0 Å². The summed E-state index contributed by atoms with van der Waals surface area (Å²) in [5, 5.41) is 6.88. The van der Waals surface area contributed by atoms with Crippen LogP contribution in [-0.4, -0.2) is 22.7 Å². The first-order chi connectivity index (χ1) is 13.2. The molecule has 1 N–H and O–H groups in total. The van der Waals surface area contributed by atoms with Gasteiger partial charge in [0.05, 0.1) is 18.2 Å². The van der Waals surface area contributed by atoms with Gasteiger partial charge in [-0.1, -0.05) is 35.5 Å². The van der Waals surface area contributed by atoms with Crippen LogP contribution in [0.15, 0.2) is 53.1 Å². The Morgan fingerprint density at radius 2 is 2.04 bits per heavy atom. The van der Waals surface area contributed by atoms with E-state index in [9.17, 15) is 4.79 Å². The van der Waals surface area contributed by atoms with Crippen molar-refractivity contribution >= 4 is 5.91 Å². The third-order valence-corrected chi connectivity index (χ3v) is 4.32. The number of amides is 1. The number of ether oxygens (including phenoxy) is 2. The standard InChI is InChI=1S/C20H19N3O4/c1-13-21-19(23-27-13)12-26-18-9-5-3-7-15(18)20(24)22-16-10-11-25-17-8-4-2-6-14(16)17/h2-9,16H,10-12H2,1H3,(H,22,24). The summed E-state index contributed by atoms with van der Waals surface area (Å²) in [6.45, 7) is 2.41. The van der Waals surface area contributed by atoms with Crippen LogP contribution in [0.4, 0.5) is 0 Å². The highest BCUT2D eigenvalue weighted by Crippen LogP contribution is 2.32. The molecule has 2 heterocycles. The van der Waals surface area contributed by atoms with Crippen molar-refractivity contribution in [2.24, 2.45) is 0 Å². The van der Waals surface area contributed by atoms with Crippen LogP contribution < -0.4 is 14.8 Å². The van der Waals surface area contributed by atoms with Gasteiger partial charge in [-0.2, -0.15) is 4.98 Å². The number of para-hydroxylation sites is 2. The SMILES string of the molecule is Cc1nc(COc2ccccc2C(=O)NC2CCOc3ccccc32)no1. The van der Waals surface area contributed by atoms with E-state index in [0.717, 1.165) is 11.3 Å². The molecule has 1 aliphatic heterocycles. The Morgan fingerprint density at radius 3 is 2.89 bits per heavy atom. The molecular weight excluding hydrogens is 346 g/mol. The summed E-state index contributed by atoms with van der Waals surface area (Å²) in [5.74, 6) is 1.99. The molecule has 1 atom stereocenters. The number of hydrogen-bond donors (Lipinski definition) is 1. The molecule has 7 heteroatoms. The molecule has 3 aromatic rings. The molecule has 1 unspecified atom stereocenters. The van der Waals surface area contributed by atoms with Crippen LogP contribution in [0.5, 0.6) is 11.5 Å². The van der Waals surface area contributed by atoms with Gasteiger partial charge in [-0.3, -0.25) is 4.79 Å². The number of aromatic nitrogens is 2. The highest BCUT2D eigenvalue weighted by atomic mass is 16.5. The Hall–Kier alpha value is -3.35. The molecule has 0 fully saturated rings. The molecule has 4 rings (SSSR count). The normalized spacial score (nSPS) is 15.5. The lowest BCUT2D eigenvalue weighted by molar-refractivity contribution is 0.0920. The third kappa shape index (κ3) is 3.76. The zero-order chi connectivity index (χ0) is 18.6. The Kier molecular flexibility index (Phi) is 4.74. The van der Waals surface area contributed by atoms with E-state index in [1.54, 1.807) is 25.1 Å². The molecule has 27 heavy (non-hydrogen) atoms. The van der Waals surface area contributed by atoms with Crippen molar-refractivity contribution < 1.29 is 18.8 Å². The summed E-state index contributed by atoms with van der Waals surface area (Å²) in [5.41, 5.74) is 1.44. The van der Waals surface area contributed by atoms with Crippen LogP contribution in [-0.2, 0) is 6.61 Å². The van der Waals surface area contributed by atoms with Gasteiger partial charge >= 0.3 is 0 Å². The lowest BCUT2D eigenvalue weighted by Gasteiger charge is -2.26. The zero-order valence-corrected chi connectivity index (χ0v) is 14.8. The molecule has 1 aliphatic rings. The maximum absolute atomic E-state index is 12.9. The summed E-state index contributed by atoms with van der Waals surface area (Å²) in [7, 11) is 0. The molecule has 0 spiro atoms. The molecule has 0 saturated carbocycles. The van der Waals surface area contributed by atoms with Crippen molar-refractivity contribution in [3.8, 4) is 11.5 Å². The second kappa shape index (κ2) is 7.49. The second-order valence-electron chi connectivity index (χ2n) is 6.22. The van der Waals surface area contributed by atoms with Gasteiger partial charge in [-0.15, -0.1) is 0 Å². The van der Waals surface area contributed by atoms with Crippen LogP contribution in [0.25, 0.3) is 0 Å². The van der Waals surface area contributed by atoms with E-state index in [1.807, 2.05) is 30.3 Å². The van der Waals surface area contributed by atoms with E-state index < -0.39 is 0 Å². The van der Waals surface area contributed by atoms with Crippen LogP contribution in [0.3, 0.4) is 0 Å². The molecule has 0 saturated heterocycles. The Morgan fingerprint density at radius 1 is 1.22 bits per heavy atom. The van der Waals surface area contributed by atoms with Crippen molar-refractivity contribution in [2.45, 2.75) is 26.0 Å². The van der Waals surface area contributed by atoms with Gasteiger partial charge in [-0.05, 0) is 18.2 Å². The summed E-state index contributed by atoms with van der Waals surface area (Å²) >= 11 is 0. The largest absolute Gasteiger partial charge is 0.493 e. The summed E-state index contributed by atoms with van der Waals surface area (Å²) in [4.78, 5) is 17.0. The van der Waals surface area contributed by atoms with Gasteiger partial charge in [0.1, 0.15) is 11.5 Å². The Bertz CT molecular complexity index is 954. The van der Waals surface area contributed by atoms with E-state index in [2.05, 4.69) is 15.5 Å².